The number of aromatic nitrogens is 1. The molecule has 2 heterocycles. The van der Waals surface area contributed by atoms with Crippen LogP contribution in [-0.2, 0) is 0 Å². The number of hydrogen-bond donors (Lipinski definition) is 1. The summed E-state index contributed by atoms with van der Waals surface area (Å²) in [5.74, 6) is 0. The summed E-state index contributed by atoms with van der Waals surface area (Å²) < 4.78 is 0. The molecule has 0 saturated heterocycles. The summed E-state index contributed by atoms with van der Waals surface area (Å²) in [6.07, 6.45) is 4.75. The molecule has 1 unspecified atom stereocenters. The normalized spacial score (nSPS) is 18.8. The van der Waals surface area contributed by atoms with Gasteiger partial charge in [0.05, 0.1) is 6.04 Å². The van der Waals surface area contributed by atoms with E-state index in [4.69, 9.17) is 0 Å². The highest BCUT2D eigenvalue weighted by molar-refractivity contribution is 5.69. The first-order valence-electron chi connectivity index (χ1n) is 6.26. The van der Waals surface area contributed by atoms with Crippen LogP contribution >= 0.6 is 0 Å². The van der Waals surface area contributed by atoms with E-state index in [-0.39, 0.29) is 0 Å². The predicted molar refractivity (Wildman–Crippen MR) is 73.8 cm³/mol. The van der Waals surface area contributed by atoms with E-state index in [1.54, 1.807) is 0 Å². The van der Waals surface area contributed by atoms with Crippen molar-refractivity contribution in [1.82, 2.24) is 10.3 Å². The number of benzene rings is 1. The molecule has 0 radical (unpaired) electrons. The minimum Gasteiger partial charge on any atom is -0.377 e. The molecule has 1 aliphatic heterocycles. The molecule has 0 bridgehead atoms. The maximum atomic E-state index is 4.07. The van der Waals surface area contributed by atoms with Gasteiger partial charge in [0.2, 0.25) is 0 Å². The molecule has 2 heteroatoms. The molecule has 1 atom stereocenters. The molecule has 0 saturated carbocycles. The zero-order chi connectivity index (χ0) is 12.4. The van der Waals surface area contributed by atoms with E-state index in [9.17, 15) is 0 Å². The smallest absolute Gasteiger partial charge is 0.0551 e. The lowest BCUT2D eigenvalue weighted by atomic mass is 10.0. The van der Waals surface area contributed by atoms with Crippen LogP contribution in [0.3, 0.4) is 0 Å². The van der Waals surface area contributed by atoms with Gasteiger partial charge in [0, 0.05) is 23.7 Å². The molecule has 90 valence electrons. The van der Waals surface area contributed by atoms with Gasteiger partial charge in [0.15, 0.2) is 0 Å². The third kappa shape index (κ3) is 2.02. The summed E-state index contributed by atoms with van der Waals surface area (Å²) in [7, 11) is 0. The Kier molecular flexibility index (Phi) is 2.85. The third-order valence-corrected chi connectivity index (χ3v) is 3.43. The molecule has 1 aromatic carbocycles. The van der Waals surface area contributed by atoms with Gasteiger partial charge in [-0.05, 0) is 36.6 Å². The maximum absolute atomic E-state index is 4.07. The number of nitrogens with zero attached hydrogens (tertiary/aromatic N) is 1. The van der Waals surface area contributed by atoms with Crippen LogP contribution in [0.2, 0.25) is 0 Å². The van der Waals surface area contributed by atoms with Gasteiger partial charge in [0.25, 0.3) is 0 Å². The average Bonchev–Trinajstić information content (AvgIpc) is 2.83. The zero-order valence-electron chi connectivity index (χ0n) is 10.4. The van der Waals surface area contributed by atoms with Crippen molar-refractivity contribution in [2.75, 3.05) is 0 Å². The number of nitrogens with one attached hydrogen (secondary N) is 1. The summed E-state index contributed by atoms with van der Waals surface area (Å²) in [5, 5.41) is 3.63. The van der Waals surface area contributed by atoms with Crippen LogP contribution < -0.4 is 5.32 Å². The van der Waals surface area contributed by atoms with Crippen LogP contribution in [0.5, 0.6) is 0 Å². The molecule has 1 aliphatic rings. The second kappa shape index (κ2) is 4.65. The van der Waals surface area contributed by atoms with Gasteiger partial charge in [-0.2, -0.15) is 0 Å². The number of hydrogen-bond acceptors (Lipinski definition) is 2. The molecular weight excluding hydrogens is 220 g/mol. The highest BCUT2D eigenvalue weighted by atomic mass is 15.0. The average molecular weight is 236 g/mol. The Hall–Kier alpha value is -2.09. The predicted octanol–water partition coefficient (Wildman–Crippen LogP) is 3.55. The molecule has 0 aliphatic carbocycles. The summed E-state index contributed by atoms with van der Waals surface area (Å²) in [6.45, 7) is 2.20. The van der Waals surface area contributed by atoms with Crippen molar-refractivity contribution in [3.63, 3.8) is 0 Å². The minimum atomic E-state index is 0.398. The maximum Gasteiger partial charge on any atom is 0.0551 e. The Morgan fingerprint density at radius 2 is 1.78 bits per heavy atom. The van der Waals surface area contributed by atoms with Crippen LogP contribution in [0, 0.1) is 0 Å². The van der Waals surface area contributed by atoms with Crippen LogP contribution in [0.15, 0.2) is 60.4 Å². The highest BCUT2D eigenvalue weighted by Crippen LogP contribution is 2.33. The number of pyridine rings is 1. The van der Waals surface area contributed by atoms with Crippen LogP contribution in [0.4, 0.5) is 0 Å². The first kappa shape index (κ1) is 11.0. The van der Waals surface area contributed by atoms with Crippen molar-refractivity contribution < 1.29 is 0 Å². The van der Waals surface area contributed by atoms with Crippen LogP contribution in [0.25, 0.3) is 5.70 Å². The minimum absolute atomic E-state index is 0.398. The van der Waals surface area contributed by atoms with Crippen molar-refractivity contribution in [2.45, 2.75) is 19.4 Å². The lowest BCUT2D eigenvalue weighted by molar-refractivity contribution is 0.673. The Morgan fingerprint density at radius 3 is 2.50 bits per heavy atom. The van der Waals surface area contributed by atoms with Gasteiger partial charge in [-0.1, -0.05) is 30.3 Å². The van der Waals surface area contributed by atoms with Gasteiger partial charge in [0.1, 0.15) is 0 Å². The number of rotatable bonds is 2. The zero-order valence-corrected chi connectivity index (χ0v) is 10.4. The van der Waals surface area contributed by atoms with E-state index in [0.29, 0.717) is 6.04 Å². The van der Waals surface area contributed by atoms with Gasteiger partial charge < -0.3 is 5.32 Å². The fraction of sp³-hybridized carbons (Fsp3) is 0.188. The molecule has 0 amide bonds. The lowest BCUT2D eigenvalue weighted by Gasteiger charge is -2.14. The molecule has 3 rings (SSSR count). The standard InChI is InChI=1S/C16H16N2/c1-12-11-15(13-5-3-2-4-6-13)18-16(12)14-7-9-17-10-8-14/h2-10,15,18H,11H2,1H3. The second-order valence-corrected chi connectivity index (χ2v) is 4.70. The SMILES string of the molecule is CC1=C(c2ccncc2)NC(c2ccccc2)C1. The summed E-state index contributed by atoms with van der Waals surface area (Å²) in [4.78, 5) is 4.07. The molecule has 1 aromatic heterocycles. The fourth-order valence-electron chi connectivity index (χ4n) is 2.49. The van der Waals surface area contributed by atoms with Crippen molar-refractivity contribution in [3.8, 4) is 0 Å². The summed E-state index contributed by atoms with van der Waals surface area (Å²) in [5.41, 5.74) is 5.24. The van der Waals surface area contributed by atoms with E-state index < -0.39 is 0 Å². The van der Waals surface area contributed by atoms with E-state index in [1.165, 1.54) is 22.4 Å². The van der Waals surface area contributed by atoms with Crippen LogP contribution in [0.1, 0.15) is 30.5 Å². The monoisotopic (exact) mass is 236 g/mol. The van der Waals surface area contributed by atoms with E-state index in [2.05, 4.69) is 59.7 Å². The quantitative estimate of drug-likeness (QED) is 0.862. The first-order valence-corrected chi connectivity index (χ1v) is 6.26. The van der Waals surface area contributed by atoms with Gasteiger partial charge >= 0.3 is 0 Å². The van der Waals surface area contributed by atoms with Crippen molar-refractivity contribution in [2.24, 2.45) is 0 Å². The highest BCUT2D eigenvalue weighted by Gasteiger charge is 2.22. The third-order valence-electron chi connectivity index (χ3n) is 3.43. The molecule has 0 spiro atoms. The van der Waals surface area contributed by atoms with Crippen molar-refractivity contribution >= 4 is 5.70 Å². The largest absolute Gasteiger partial charge is 0.377 e. The van der Waals surface area contributed by atoms with E-state index >= 15 is 0 Å². The first-order chi connectivity index (χ1) is 8.84. The Bertz CT molecular complexity index is 558. The molecule has 0 fully saturated rings. The molecule has 2 nitrogen and oxygen atoms in total. The van der Waals surface area contributed by atoms with Crippen LogP contribution in [-0.4, -0.2) is 4.98 Å². The van der Waals surface area contributed by atoms with E-state index in [0.717, 1.165) is 6.42 Å². The van der Waals surface area contributed by atoms with Gasteiger partial charge in [-0.3, -0.25) is 4.98 Å². The Labute approximate surface area is 107 Å². The Morgan fingerprint density at radius 1 is 1.06 bits per heavy atom. The lowest BCUT2D eigenvalue weighted by Crippen LogP contribution is -2.13. The van der Waals surface area contributed by atoms with Crippen molar-refractivity contribution in [1.29, 1.82) is 0 Å². The topological polar surface area (TPSA) is 24.9 Å². The van der Waals surface area contributed by atoms with E-state index in [1.807, 2.05) is 12.4 Å². The molecule has 18 heavy (non-hydrogen) atoms. The summed E-state index contributed by atoms with van der Waals surface area (Å²) in [6, 6.07) is 15.1. The van der Waals surface area contributed by atoms with Gasteiger partial charge in [-0.25, -0.2) is 0 Å². The van der Waals surface area contributed by atoms with Crippen molar-refractivity contribution in [3.05, 3.63) is 71.6 Å². The molecule has 2 aromatic rings. The second-order valence-electron chi connectivity index (χ2n) is 4.70. The Balaban J connectivity index is 1.86. The van der Waals surface area contributed by atoms with Gasteiger partial charge in [-0.15, -0.1) is 0 Å². The molecule has 1 N–H and O–H groups in total. The summed E-state index contributed by atoms with van der Waals surface area (Å²) >= 11 is 0. The fourth-order valence-corrected chi connectivity index (χ4v) is 2.49. The molecular formula is C16H16N2.